The molecule has 1 aliphatic heterocycles. The molecule has 178 valence electrons. The minimum atomic E-state index is -0.733. The summed E-state index contributed by atoms with van der Waals surface area (Å²) in [6, 6.07) is 7.36. The van der Waals surface area contributed by atoms with Gasteiger partial charge in [0, 0.05) is 47.8 Å². The van der Waals surface area contributed by atoms with Crippen molar-refractivity contribution in [1.29, 1.82) is 0 Å². The van der Waals surface area contributed by atoms with Crippen LogP contribution in [0.5, 0.6) is 0 Å². The fourth-order valence-electron chi connectivity index (χ4n) is 5.26. The van der Waals surface area contributed by atoms with Crippen LogP contribution in [0.2, 0.25) is 0 Å². The summed E-state index contributed by atoms with van der Waals surface area (Å²) in [6.45, 7) is 2.48. The number of ether oxygens (including phenoxy) is 1. The second kappa shape index (κ2) is 8.61. The average molecular weight is 475 g/mol. The molecule has 0 bridgehead atoms. The van der Waals surface area contributed by atoms with Crippen LogP contribution in [0.3, 0.4) is 0 Å². The van der Waals surface area contributed by atoms with E-state index < -0.39 is 11.6 Å². The summed E-state index contributed by atoms with van der Waals surface area (Å²) in [7, 11) is 0. The van der Waals surface area contributed by atoms with Gasteiger partial charge in [0.2, 0.25) is 0 Å². The number of aryl methyl sites for hydroxylation is 2. The molecule has 0 saturated carbocycles. The van der Waals surface area contributed by atoms with Crippen LogP contribution >= 0.6 is 0 Å². The van der Waals surface area contributed by atoms with E-state index in [2.05, 4.69) is 4.98 Å². The van der Waals surface area contributed by atoms with E-state index in [1.54, 1.807) is 12.4 Å². The Hall–Kier alpha value is -3.52. The second-order valence-corrected chi connectivity index (χ2v) is 9.34. The molecule has 3 aromatic heterocycles. The van der Waals surface area contributed by atoms with E-state index in [-0.39, 0.29) is 28.8 Å². The molecule has 0 radical (unpaired) electrons. The summed E-state index contributed by atoms with van der Waals surface area (Å²) >= 11 is 0. The van der Waals surface area contributed by atoms with Crippen molar-refractivity contribution < 1.29 is 13.5 Å². The molecule has 4 heterocycles. The summed E-state index contributed by atoms with van der Waals surface area (Å²) in [5.74, 6) is -1.41. The van der Waals surface area contributed by atoms with E-state index >= 15 is 0 Å². The summed E-state index contributed by atoms with van der Waals surface area (Å²) in [5, 5.41) is 0. The molecule has 0 spiro atoms. The lowest BCUT2D eigenvalue weighted by Gasteiger charge is -2.30. The van der Waals surface area contributed by atoms with Gasteiger partial charge in [-0.15, -0.1) is 0 Å². The number of rotatable bonds is 3. The van der Waals surface area contributed by atoms with Crippen molar-refractivity contribution in [3.8, 4) is 11.3 Å². The fraction of sp³-hybridized carbons (Fsp3) is 0.333. The molecule has 6 nitrogen and oxygen atoms in total. The van der Waals surface area contributed by atoms with Crippen molar-refractivity contribution in [2.75, 3.05) is 6.61 Å². The van der Waals surface area contributed by atoms with Gasteiger partial charge in [-0.05, 0) is 68.9 Å². The SMILES string of the molecule is Cc1cc(C2CC(c3cn4c(=O)c5c(nc4c(-c4ccc(F)cc4F)n3)CCC5)CCO2)ccn1. The van der Waals surface area contributed by atoms with Gasteiger partial charge in [-0.3, -0.25) is 14.2 Å². The van der Waals surface area contributed by atoms with Gasteiger partial charge in [0.25, 0.3) is 5.56 Å². The molecule has 6 rings (SSSR count). The van der Waals surface area contributed by atoms with Crippen molar-refractivity contribution in [3.05, 3.63) is 92.9 Å². The highest BCUT2D eigenvalue weighted by molar-refractivity contribution is 5.74. The summed E-state index contributed by atoms with van der Waals surface area (Å²) in [5.41, 5.74) is 4.65. The van der Waals surface area contributed by atoms with E-state index in [4.69, 9.17) is 14.7 Å². The smallest absolute Gasteiger partial charge is 0.261 e. The third-order valence-electron chi connectivity index (χ3n) is 7.03. The number of benzene rings is 1. The van der Waals surface area contributed by atoms with Gasteiger partial charge >= 0.3 is 0 Å². The van der Waals surface area contributed by atoms with Crippen molar-refractivity contribution in [1.82, 2.24) is 19.4 Å². The topological polar surface area (TPSA) is 69.4 Å². The van der Waals surface area contributed by atoms with Gasteiger partial charge in [0.05, 0.1) is 17.5 Å². The highest BCUT2D eigenvalue weighted by Crippen LogP contribution is 2.38. The maximum Gasteiger partial charge on any atom is 0.261 e. The second-order valence-electron chi connectivity index (χ2n) is 9.34. The summed E-state index contributed by atoms with van der Waals surface area (Å²) < 4.78 is 36.1. The number of hydrogen-bond donors (Lipinski definition) is 0. The standard InChI is InChI=1S/C27H24F2N4O2/c1-15-11-17(7-9-30-15)24-12-16(8-10-35-24)23-14-33-26(32-22-4-2-3-20(22)27(33)34)25(31-23)19-6-5-18(28)13-21(19)29/h5-7,9,11,13-14,16,24H,2-4,8,10,12H2,1H3. The maximum atomic E-state index is 14.9. The Morgan fingerprint density at radius 3 is 2.83 bits per heavy atom. The van der Waals surface area contributed by atoms with E-state index in [1.165, 1.54) is 16.5 Å². The lowest BCUT2D eigenvalue weighted by atomic mass is 9.89. The largest absolute Gasteiger partial charge is 0.373 e. The molecule has 0 amide bonds. The lowest BCUT2D eigenvalue weighted by molar-refractivity contribution is 0.00451. The first kappa shape index (κ1) is 22.0. The van der Waals surface area contributed by atoms with Crippen molar-refractivity contribution >= 4 is 5.65 Å². The number of nitrogens with zero attached hydrogens (tertiary/aromatic N) is 4. The normalized spacial score (nSPS) is 19.7. The van der Waals surface area contributed by atoms with Crippen LogP contribution in [-0.4, -0.2) is 26.0 Å². The van der Waals surface area contributed by atoms with Gasteiger partial charge in [-0.1, -0.05) is 0 Å². The van der Waals surface area contributed by atoms with Crippen LogP contribution in [0.4, 0.5) is 8.78 Å². The predicted molar refractivity (Wildman–Crippen MR) is 126 cm³/mol. The Morgan fingerprint density at radius 2 is 2.00 bits per heavy atom. The van der Waals surface area contributed by atoms with Crippen LogP contribution in [-0.2, 0) is 17.6 Å². The first-order valence-electron chi connectivity index (χ1n) is 11.9. The maximum absolute atomic E-state index is 14.9. The minimum absolute atomic E-state index is 0.00552. The summed E-state index contributed by atoms with van der Waals surface area (Å²) in [4.78, 5) is 27.2. The van der Waals surface area contributed by atoms with Crippen LogP contribution in [0.25, 0.3) is 16.9 Å². The van der Waals surface area contributed by atoms with Crippen molar-refractivity contribution in [2.24, 2.45) is 0 Å². The molecule has 8 heteroatoms. The zero-order valence-corrected chi connectivity index (χ0v) is 19.3. The number of hydrogen-bond acceptors (Lipinski definition) is 5. The molecule has 1 fully saturated rings. The minimum Gasteiger partial charge on any atom is -0.373 e. The number of pyridine rings is 1. The molecular weight excluding hydrogens is 450 g/mol. The highest BCUT2D eigenvalue weighted by Gasteiger charge is 2.29. The van der Waals surface area contributed by atoms with Gasteiger partial charge < -0.3 is 4.74 Å². The molecule has 2 unspecified atom stereocenters. The molecule has 1 aliphatic carbocycles. The van der Waals surface area contributed by atoms with E-state index in [0.717, 1.165) is 35.9 Å². The van der Waals surface area contributed by atoms with Crippen LogP contribution in [0, 0.1) is 18.6 Å². The van der Waals surface area contributed by atoms with Gasteiger partial charge in [0.1, 0.15) is 17.3 Å². The molecule has 1 saturated heterocycles. The van der Waals surface area contributed by atoms with Crippen molar-refractivity contribution in [3.63, 3.8) is 0 Å². The quantitative estimate of drug-likeness (QED) is 0.424. The number of aromatic nitrogens is 4. The monoisotopic (exact) mass is 474 g/mol. The first-order valence-corrected chi connectivity index (χ1v) is 11.9. The van der Waals surface area contributed by atoms with Gasteiger partial charge in [-0.2, -0.15) is 0 Å². The third-order valence-corrected chi connectivity index (χ3v) is 7.03. The zero-order chi connectivity index (χ0) is 24.1. The highest BCUT2D eigenvalue weighted by atomic mass is 19.1. The first-order chi connectivity index (χ1) is 17.0. The van der Waals surface area contributed by atoms with Gasteiger partial charge in [-0.25, -0.2) is 18.7 Å². The molecule has 1 aromatic carbocycles. The van der Waals surface area contributed by atoms with Crippen LogP contribution in [0.15, 0.2) is 47.5 Å². The molecule has 35 heavy (non-hydrogen) atoms. The number of halogens is 2. The molecule has 2 atom stereocenters. The van der Waals surface area contributed by atoms with Crippen molar-refractivity contribution in [2.45, 2.75) is 51.0 Å². The van der Waals surface area contributed by atoms with Crippen LogP contribution < -0.4 is 5.56 Å². The predicted octanol–water partition coefficient (Wildman–Crippen LogP) is 4.86. The Kier molecular flexibility index (Phi) is 5.40. The van der Waals surface area contributed by atoms with Gasteiger partial charge in [0.15, 0.2) is 5.65 Å². The average Bonchev–Trinajstić information content (AvgIpc) is 3.33. The molecule has 2 aliphatic rings. The summed E-state index contributed by atoms with van der Waals surface area (Å²) in [6.07, 6.45) is 7.03. The lowest BCUT2D eigenvalue weighted by Crippen LogP contribution is -2.24. The fourth-order valence-corrected chi connectivity index (χ4v) is 5.26. The number of fused-ring (bicyclic) bond motifs is 2. The Bertz CT molecular complexity index is 1520. The Labute approximate surface area is 200 Å². The van der Waals surface area contributed by atoms with E-state index in [1.807, 2.05) is 19.1 Å². The third kappa shape index (κ3) is 3.91. The Morgan fingerprint density at radius 1 is 1.11 bits per heavy atom. The molecule has 0 N–H and O–H groups in total. The van der Waals surface area contributed by atoms with Crippen LogP contribution in [0.1, 0.15) is 59.5 Å². The molecule has 4 aromatic rings. The van der Waals surface area contributed by atoms with E-state index in [0.29, 0.717) is 42.8 Å². The molecular formula is C27H24F2N4O2. The Balaban J connectivity index is 1.51. The zero-order valence-electron chi connectivity index (χ0n) is 19.3. The van der Waals surface area contributed by atoms with E-state index in [9.17, 15) is 13.6 Å².